The fourth-order valence-corrected chi connectivity index (χ4v) is 10.8. The number of ether oxygens (including phenoxy) is 1. The van der Waals surface area contributed by atoms with Gasteiger partial charge in [0.05, 0.1) is 12.6 Å². The molecule has 7 aliphatic rings. The number of rotatable bonds is 5. The Kier molecular flexibility index (Phi) is 8.84. The fraction of sp³-hybridized carbons (Fsp3) is 0.610. The first-order chi connectivity index (χ1) is 22.8. The highest BCUT2D eigenvalue weighted by atomic mass is 35.5. The summed E-state index contributed by atoms with van der Waals surface area (Å²) < 4.78 is 21.5. The van der Waals surface area contributed by atoms with Crippen LogP contribution in [0.3, 0.4) is 0 Å². The van der Waals surface area contributed by atoms with E-state index in [0.717, 1.165) is 55.7 Å². The Morgan fingerprint density at radius 1 is 1.10 bits per heavy atom. The Labute approximate surface area is 290 Å². The molecule has 258 valence electrons. The molecule has 1 amide bonds. The number of hydrogen-bond donors (Lipinski definition) is 1. The second kappa shape index (κ2) is 12.6. The lowest BCUT2D eigenvalue weighted by Gasteiger charge is -2.60. The van der Waals surface area contributed by atoms with Crippen LogP contribution < -0.4 is 0 Å². The molecule has 4 saturated carbocycles. The predicted octanol–water partition coefficient (Wildman–Crippen LogP) is 9.48. The minimum absolute atomic E-state index is 0.0445. The summed E-state index contributed by atoms with van der Waals surface area (Å²) in [5, 5.41) is 11.1. The van der Waals surface area contributed by atoms with Crippen molar-refractivity contribution in [3.8, 4) is 0 Å². The number of aliphatic hydroxyl groups excluding tert-OH is 1. The zero-order chi connectivity index (χ0) is 34.0. The van der Waals surface area contributed by atoms with Crippen LogP contribution in [0.15, 0.2) is 48.0 Å². The van der Waals surface area contributed by atoms with Crippen LogP contribution in [0.4, 0.5) is 9.18 Å². The number of carbonyl (C=O) groups excluding carboxylic acids is 2. The number of carbonyl (C=O) groups is 2. The fourth-order valence-electron chi connectivity index (χ4n) is 10.6. The Morgan fingerprint density at radius 3 is 2.67 bits per heavy atom. The number of Topliss-reactive ketones (excluding diaryl/α,β-unsaturated/α-hetero) is 1. The van der Waals surface area contributed by atoms with Crippen LogP contribution >= 0.6 is 11.6 Å². The van der Waals surface area contributed by atoms with E-state index >= 15 is 0 Å². The molecule has 0 unspecified atom stereocenters. The number of amides is 1. The van der Waals surface area contributed by atoms with Crippen molar-refractivity contribution in [2.24, 2.45) is 28.6 Å². The summed E-state index contributed by atoms with van der Waals surface area (Å²) in [5.41, 5.74) is 3.07. The third kappa shape index (κ3) is 5.73. The maximum atomic E-state index is 14.9. The lowest BCUT2D eigenvalue weighted by molar-refractivity contribution is -0.109. The summed E-state index contributed by atoms with van der Waals surface area (Å²) in [6.45, 7) is 10.5. The van der Waals surface area contributed by atoms with Crippen molar-refractivity contribution >= 4 is 23.5 Å². The maximum absolute atomic E-state index is 14.9. The molecular formula is C41H51ClFNO4. The molecular weight excluding hydrogens is 625 g/mol. The van der Waals surface area contributed by atoms with E-state index in [9.17, 15) is 19.1 Å². The van der Waals surface area contributed by atoms with E-state index in [1.807, 2.05) is 17.0 Å². The van der Waals surface area contributed by atoms with Crippen molar-refractivity contribution in [2.45, 2.75) is 116 Å². The van der Waals surface area contributed by atoms with Gasteiger partial charge in [-0.2, -0.15) is 0 Å². The molecule has 5 nitrogen and oxygen atoms in total. The van der Waals surface area contributed by atoms with Gasteiger partial charge in [-0.25, -0.2) is 9.18 Å². The van der Waals surface area contributed by atoms with Crippen molar-refractivity contribution in [1.29, 1.82) is 0 Å². The molecule has 1 N–H and O–H groups in total. The van der Waals surface area contributed by atoms with Crippen LogP contribution in [-0.2, 0) is 17.6 Å². The second-order valence-electron chi connectivity index (χ2n) is 16.7. The lowest BCUT2D eigenvalue weighted by atomic mass is 9.45. The van der Waals surface area contributed by atoms with Gasteiger partial charge >= 0.3 is 6.09 Å². The van der Waals surface area contributed by atoms with Crippen molar-refractivity contribution in [3.63, 3.8) is 0 Å². The SMILES string of the molecule is CC1=CCC[C@@]2(C)[C@@H](CC[C@@]23CN(C[C@@H]2CC[C@H]4C[C@@H]2C4(C)C)C(=O)O3)c2ccc(cc2C(=O)Cc2c(F)cccc2Cl)C[C@@H](O)CC1. The molecule has 9 rings (SSSR count). The third-order valence-corrected chi connectivity index (χ3v) is 14.1. The van der Waals surface area contributed by atoms with Crippen LogP contribution in [0.25, 0.3) is 0 Å². The van der Waals surface area contributed by atoms with Gasteiger partial charge in [0.2, 0.25) is 0 Å². The van der Waals surface area contributed by atoms with Crippen LogP contribution in [0.5, 0.6) is 0 Å². The van der Waals surface area contributed by atoms with Crippen molar-refractivity contribution in [1.82, 2.24) is 4.90 Å². The van der Waals surface area contributed by atoms with Crippen LogP contribution in [-0.4, -0.2) is 46.7 Å². The second-order valence-corrected chi connectivity index (χ2v) is 17.1. The number of ketones is 1. The molecule has 0 aromatic heterocycles. The molecule has 0 radical (unpaired) electrons. The van der Waals surface area contributed by atoms with E-state index < -0.39 is 22.9 Å². The van der Waals surface area contributed by atoms with E-state index in [4.69, 9.17) is 16.3 Å². The van der Waals surface area contributed by atoms with Crippen LogP contribution in [0, 0.1) is 34.4 Å². The molecule has 1 heterocycles. The number of halogens is 2. The Balaban J connectivity index is 1.24. The molecule has 1 aliphatic heterocycles. The van der Waals surface area contributed by atoms with Crippen LogP contribution in [0.1, 0.15) is 118 Å². The van der Waals surface area contributed by atoms with Gasteiger partial charge in [0, 0.05) is 34.5 Å². The number of benzene rings is 2. The highest BCUT2D eigenvalue weighted by Gasteiger charge is 2.64. The third-order valence-electron chi connectivity index (χ3n) is 13.8. The average Bonchev–Trinajstić information content (AvgIpc) is 3.51. The largest absolute Gasteiger partial charge is 0.440 e. The van der Waals surface area contributed by atoms with E-state index in [1.54, 1.807) is 12.1 Å². The highest BCUT2D eigenvalue weighted by Crippen LogP contribution is 2.64. The molecule has 5 fully saturated rings. The average molecular weight is 676 g/mol. The zero-order valence-electron chi connectivity index (χ0n) is 29.0. The number of nitrogens with zero attached hydrogens (tertiary/aromatic N) is 1. The number of fused-ring (bicyclic) bond motifs is 10. The van der Waals surface area contributed by atoms with Gasteiger partial charge in [-0.15, -0.1) is 0 Å². The summed E-state index contributed by atoms with van der Waals surface area (Å²) in [6.07, 6.45) is 10.1. The normalized spacial score (nSPS) is 34.3. The summed E-state index contributed by atoms with van der Waals surface area (Å²) in [7, 11) is 0. The summed E-state index contributed by atoms with van der Waals surface area (Å²) in [5.74, 6) is 1.25. The summed E-state index contributed by atoms with van der Waals surface area (Å²) in [6, 6.07) is 10.5. The van der Waals surface area contributed by atoms with Gasteiger partial charge in [0.25, 0.3) is 0 Å². The summed E-state index contributed by atoms with van der Waals surface area (Å²) >= 11 is 6.39. The van der Waals surface area contributed by atoms with Gasteiger partial charge in [-0.1, -0.05) is 62.2 Å². The summed E-state index contributed by atoms with van der Waals surface area (Å²) in [4.78, 5) is 30.0. The van der Waals surface area contributed by atoms with Gasteiger partial charge < -0.3 is 14.7 Å². The zero-order valence-corrected chi connectivity index (χ0v) is 29.8. The molecule has 7 atom stereocenters. The first kappa shape index (κ1) is 33.8. The van der Waals surface area contributed by atoms with Gasteiger partial charge in [-0.05, 0) is 130 Å². The molecule has 1 spiro atoms. The molecule has 4 bridgehead atoms. The molecule has 2 aromatic rings. The van der Waals surface area contributed by atoms with E-state index in [-0.39, 0.29) is 34.8 Å². The van der Waals surface area contributed by atoms with Gasteiger partial charge in [-0.3, -0.25) is 4.79 Å². The molecule has 6 aliphatic carbocycles. The molecule has 2 aromatic carbocycles. The maximum Gasteiger partial charge on any atom is 0.410 e. The Bertz CT molecular complexity index is 1610. The topological polar surface area (TPSA) is 66.8 Å². The van der Waals surface area contributed by atoms with E-state index in [2.05, 4.69) is 39.8 Å². The van der Waals surface area contributed by atoms with Gasteiger partial charge in [0.15, 0.2) is 5.78 Å². The highest BCUT2D eigenvalue weighted by molar-refractivity contribution is 6.31. The van der Waals surface area contributed by atoms with Gasteiger partial charge in [0.1, 0.15) is 11.4 Å². The molecule has 1 saturated heterocycles. The standard InChI is InChI=1S/C41H51ClFNO4/c1-25-7-6-17-40(4)33(16-18-41(40)24-44(38(47)48-41)23-27-12-13-28-21-34(27)39(28,2)3)30-15-11-26(19-29(45)14-10-25)20-31(30)37(46)22-32-35(42)8-5-9-36(32)43/h5,7-9,11,15,20,27-29,33-34,45H,6,10,12-14,16-19,21-24H2,1-4H3/t27-,28-,29-,33-,34-,40-,41+/m0/s1. The van der Waals surface area contributed by atoms with E-state index in [0.29, 0.717) is 42.2 Å². The Hall–Kier alpha value is -2.70. The minimum Gasteiger partial charge on any atom is -0.440 e. The quantitative estimate of drug-likeness (QED) is 0.253. The van der Waals surface area contributed by atoms with Crippen molar-refractivity contribution in [2.75, 3.05) is 13.1 Å². The van der Waals surface area contributed by atoms with E-state index in [1.165, 1.54) is 30.9 Å². The predicted molar refractivity (Wildman–Crippen MR) is 187 cm³/mol. The smallest absolute Gasteiger partial charge is 0.410 e. The van der Waals surface area contributed by atoms with Crippen molar-refractivity contribution < 1.29 is 23.8 Å². The lowest BCUT2D eigenvalue weighted by Crippen LogP contribution is -2.55. The van der Waals surface area contributed by atoms with Crippen LogP contribution in [0.2, 0.25) is 5.02 Å². The first-order valence-electron chi connectivity index (χ1n) is 18.2. The van der Waals surface area contributed by atoms with Crippen molar-refractivity contribution in [3.05, 3.63) is 81.1 Å². The number of aliphatic hydroxyl groups is 1. The minimum atomic E-state index is -0.663. The number of allylic oxidation sites excluding steroid dienone is 2. The first-order valence-corrected chi connectivity index (χ1v) is 18.6. The molecule has 48 heavy (non-hydrogen) atoms. The number of hydrogen-bond acceptors (Lipinski definition) is 4. The Morgan fingerprint density at radius 2 is 1.92 bits per heavy atom. The molecule has 7 heteroatoms. The monoisotopic (exact) mass is 675 g/mol.